The Morgan fingerprint density at radius 1 is 1.54 bits per heavy atom. The molecule has 0 aliphatic carbocycles. The van der Waals surface area contributed by atoms with Crippen molar-refractivity contribution in [3.63, 3.8) is 0 Å². The monoisotopic (exact) mass is 208 g/mol. The molecule has 0 saturated carbocycles. The predicted molar refractivity (Wildman–Crippen MR) is 47.3 cm³/mol. The number of carbonyl (C=O) groups is 1. The Morgan fingerprint density at radius 2 is 2.08 bits per heavy atom. The highest BCUT2D eigenvalue weighted by molar-refractivity contribution is 7.51. The first-order valence-corrected chi connectivity index (χ1v) is 5.51. The standard InChI is InChI=1S/C7H13O5P/c1-3-6(2)7(8)12-4-5-13(9,10)11/h3H,4-5H2,1-2H3,(H2,9,10,11). The van der Waals surface area contributed by atoms with Gasteiger partial charge in [0.2, 0.25) is 0 Å². The summed E-state index contributed by atoms with van der Waals surface area (Å²) in [6, 6.07) is 0. The Bertz CT molecular complexity index is 252. The first kappa shape index (κ1) is 12.4. The average molecular weight is 208 g/mol. The van der Waals surface area contributed by atoms with E-state index in [-0.39, 0.29) is 6.61 Å². The van der Waals surface area contributed by atoms with Crippen LogP contribution in [0.25, 0.3) is 0 Å². The molecule has 0 aromatic heterocycles. The Morgan fingerprint density at radius 3 is 2.46 bits per heavy atom. The van der Waals surface area contributed by atoms with Crippen LogP contribution in [0, 0.1) is 0 Å². The van der Waals surface area contributed by atoms with Crippen LogP contribution in [0.15, 0.2) is 11.6 Å². The second-order valence-electron chi connectivity index (χ2n) is 2.50. The van der Waals surface area contributed by atoms with Crippen LogP contribution in [0.5, 0.6) is 0 Å². The number of ether oxygens (including phenoxy) is 1. The fourth-order valence-corrected chi connectivity index (χ4v) is 0.818. The molecule has 13 heavy (non-hydrogen) atoms. The molecule has 0 unspecified atom stereocenters. The number of rotatable bonds is 4. The number of carbonyl (C=O) groups excluding carboxylic acids is 1. The van der Waals surface area contributed by atoms with Crippen LogP contribution in [0.1, 0.15) is 13.8 Å². The van der Waals surface area contributed by atoms with Crippen LogP contribution >= 0.6 is 7.60 Å². The van der Waals surface area contributed by atoms with E-state index >= 15 is 0 Å². The summed E-state index contributed by atoms with van der Waals surface area (Å²) in [6.45, 7) is 2.99. The van der Waals surface area contributed by atoms with Crippen LogP contribution < -0.4 is 0 Å². The quantitative estimate of drug-likeness (QED) is 0.403. The lowest BCUT2D eigenvalue weighted by atomic mass is 10.3. The summed E-state index contributed by atoms with van der Waals surface area (Å²) < 4.78 is 14.9. The summed E-state index contributed by atoms with van der Waals surface area (Å²) in [5.41, 5.74) is 0.422. The van der Waals surface area contributed by atoms with E-state index in [0.717, 1.165) is 0 Å². The Kier molecular flexibility index (Phi) is 4.91. The molecule has 5 nitrogen and oxygen atoms in total. The van der Waals surface area contributed by atoms with Gasteiger partial charge in [-0.05, 0) is 13.8 Å². The van der Waals surface area contributed by atoms with Gasteiger partial charge in [-0.3, -0.25) is 4.57 Å². The van der Waals surface area contributed by atoms with Crippen molar-refractivity contribution in [1.82, 2.24) is 0 Å². The summed E-state index contributed by atoms with van der Waals surface area (Å²) in [6.07, 6.45) is 1.13. The van der Waals surface area contributed by atoms with Crippen LogP contribution in [0.2, 0.25) is 0 Å². The molecule has 2 N–H and O–H groups in total. The molecule has 0 radical (unpaired) electrons. The molecule has 0 heterocycles. The van der Waals surface area contributed by atoms with Crippen LogP contribution in [0.3, 0.4) is 0 Å². The molecule has 0 aliphatic heterocycles. The molecule has 0 aliphatic rings. The molecule has 0 aromatic carbocycles. The highest BCUT2D eigenvalue weighted by Gasteiger charge is 2.14. The van der Waals surface area contributed by atoms with Crippen molar-refractivity contribution in [1.29, 1.82) is 0 Å². The molecule has 0 bridgehead atoms. The molecular weight excluding hydrogens is 195 g/mol. The van der Waals surface area contributed by atoms with Crippen molar-refractivity contribution in [3.05, 3.63) is 11.6 Å². The van der Waals surface area contributed by atoms with Gasteiger partial charge in [-0.25, -0.2) is 4.79 Å². The third-order valence-corrected chi connectivity index (χ3v) is 2.14. The third-order valence-electron chi connectivity index (χ3n) is 1.37. The van der Waals surface area contributed by atoms with E-state index in [4.69, 9.17) is 9.79 Å². The van der Waals surface area contributed by atoms with Gasteiger partial charge >= 0.3 is 13.6 Å². The average Bonchev–Trinajstić information content (AvgIpc) is 2.00. The van der Waals surface area contributed by atoms with E-state index in [9.17, 15) is 9.36 Å². The molecular formula is C7H13O5P. The Balaban J connectivity index is 3.80. The van der Waals surface area contributed by atoms with E-state index in [0.29, 0.717) is 5.57 Å². The van der Waals surface area contributed by atoms with E-state index in [1.807, 2.05) is 0 Å². The second-order valence-corrected chi connectivity index (χ2v) is 4.27. The van der Waals surface area contributed by atoms with Crippen molar-refractivity contribution in [2.24, 2.45) is 0 Å². The van der Waals surface area contributed by atoms with Gasteiger partial charge in [0.25, 0.3) is 0 Å². The number of esters is 1. The Labute approximate surface area is 76.6 Å². The molecule has 0 spiro atoms. The van der Waals surface area contributed by atoms with Crippen molar-refractivity contribution >= 4 is 13.6 Å². The number of hydrogen-bond acceptors (Lipinski definition) is 3. The molecule has 0 rings (SSSR count). The highest BCUT2D eigenvalue weighted by Crippen LogP contribution is 2.33. The van der Waals surface area contributed by atoms with E-state index in [2.05, 4.69) is 4.74 Å². The zero-order valence-electron chi connectivity index (χ0n) is 7.56. The summed E-state index contributed by atoms with van der Waals surface area (Å²) >= 11 is 0. The lowest BCUT2D eigenvalue weighted by molar-refractivity contribution is -0.138. The minimum absolute atomic E-state index is 0.256. The molecule has 76 valence electrons. The van der Waals surface area contributed by atoms with Crippen LogP contribution in [0.4, 0.5) is 0 Å². The maximum absolute atomic E-state index is 10.9. The van der Waals surface area contributed by atoms with Crippen molar-refractivity contribution in [2.45, 2.75) is 13.8 Å². The molecule has 6 heteroatoms. The zero-order chi connectivity index (χ0) is 10.5. The lowest BCUT2D eigenvalue weighted by Gasteiger charge is -2.05. The maximum Gasteiger partial charge on any atom is 0.333 e. The SMILES string of the molecule is CC=C(C)C(=O)OCCP(=O)(O)O. The van der Waals surface area contributed by atoms with Crippen LogP contribution in [-0.4, -0.2) is 28.5 Å². The molecule has 0 aromatic rings. The third kappa shape index (κ3) is 6.51. The highest BCUT2D eigenvalue weighted by atomic mass is 31.2. The van der Waals surface area contributed by atoms with E-state index < -0.39 is 19.7 Å². The fourth-order valence-electron chi connectivity index (χ4n) is 0.489. The minimum atomic E-state index is -4.06. The first-order valence-electron chi connectivity index (χ1n) is 3.71. The number of hydrogen-bond donors (Lipinski definition) is 2. The zero-order valence-corrected chi connectivity index (χ0v) is 8.45. The summed E-state index contributed by atoms with van der Waals surface area (Å²) in [5, 5.41) is 0. The second kappa shape index (κ2) is 5.17. The van der Waals surface area contributed by atoms with Crippen molar-refractivity contribution < 1.29 is 23.9 Å². The summed E-state index contributed by atoms with van der Waals surface area (Å²) in [5.74, 6) is -0.545. The smallest absolute Gasteiger partial charge is 0.333 e. The topological polar surface area (TPSA) is 83.8 Å². The predicted octanol–water partition coefficient (Wildman–Crippen LogP) is 0.673. The maximum atomic E-state index is 10.9. The largest absolute Gasteiger partial charge is 0.462 e. The van der Waals surface area contributed by atoms with Gasteiger partial charge in [-0.1, -0.05) is 6.08 Å². The van der Waals surface area contributed by atoms with E-state index in [1.54, 1.807) is 19.9 Å². The van der Waals surface area contributed by atoms with E-state index in [1.165, 1.54) is 0 Å². The summed E-state index contributed by atoms with van der Waals surface area (Å²) in [4.78, 5) is 27.8. The molecule has 0 fully saturated rings. The molecule has 0 saturated heterocycles. The van der Waals surface area contributed by atoms with Gasteiger partial charge in [-0.2, -0.15) is 0 Å². The van der Waals surface area contributed by atoms with Gasteiger partial charge < -0.3 is 14.5 Å². The first-order chi connectivity index (χ1) is 5.87. The normalized spacial score (nSPS) is 12.8. The Hall–Kier alpha value is -0.640. The van der Waals surface area contributed by atoms with Gasteiger partial charge in [0.15, 0.2) is 0 Å². The van der Waals surface area contributed by atoms with Gasteiger partial charge in [0.1, 0.15) is 6.61 Å². The molecule has 0 amide bonds. The van der Waals surface area contributed by atoms with Crippen molar-refractivity contribution in [2.75, 3.05) is 12.8 Å². The summed E-state index contributed by atoms with van der Waals surface area (Å²) in [7, 11) is -4.06. The number of allylic oxidation sites excluding steroid dienone is 1. The van der Waals surface area contributed by atoms with Gasteiger partial charge in [0.05, 0.1) is 6.16 Å². The molecule has 0 atom stereocenters. The fraction of sp³-hybridized carbons (Fsp3) is 0.571. The minimum Gasteiger partial charge on any atom is -0.462 e. The van der Waals surface area contributed by atoms with Crippen molar-refractivity contribution in [3.8, 4) is 0 Å². The van der Waals surface area contributed by atoms with Gasteiger partial charge in [-0.15, -0.1) is 0 Å². The van der Waals surface area contributed by atoms with Crippen LogP contribution in [-0.2, 0) is 14.1 Å². The van der Waals surface area contributed by atoms with Gasteiger partial charge in [0, 0.05) is 5.57 Å². The lowest BCUT2D eigenvalue weighted by Crippen LogP contribution is -2.09.